The van der Waals surface area contributed by atoms with E-state index in [2.05, 4.69) is 20.8 Å². The number of para-hydroxylation sites is 2. The first-order chi connectivity index (χ1) is 13.8. The lowest BCUT2D eigenvalue weighted by Gasteiger charge is -2.32. The minimum atomic E-state index is -0.253. The summed E-state index contributed by atoms with van der Waals surface area (Å²) in [6.07, 6.45) is 3.03. The average molecular weight is 378 g/mol. The normalized spacial score (nSPS) is 14.6. The van der Waals surface area contributed by atoms with Gasteiger partial charge in [-0.15, -0.1) is 5.10 Å². The molecule has 1 aromatic heterocycles. The number of carbonyl (C=O) groups excluding carboxylic acids is 1. The van der Waals surface area contributed by atoms with E-state index in [9.17, 15) is 4.79 Å². The van der Waals surface area contributed by atoms with Crippen molar-refractivity contribution in [3.8, 4) is 5.69 Å². The third kappa shape index (κ3) is 4.28. The molecule has 1 saturated heterocycles. The van der Waals surface area contributed by atoms with Crippen LogP contribution in [0.3, 0.4) is 0 Å². The van der Waals surface area contributed by atoms with Crippen LogP contribution in [0.2, 0.25) is 0 Å². The molecule has 2 aromatic carbocycles. The molecule has 1 aliphatic heterocycles. The molecule has 3 aromatic rings. The van der Waals surface area contributed by atoms with E-state index >= 15 is 0 Å². The van der Waals surface area contributed by atoms with Crippen LogP contribution in [-0.2, 0) is 11.3 Å². The first-order valence-electron chi connectivity index (χ1n) is 9.34. The summed E-state index contributed by atoms with van der Waals surface area (Å²) in [5.41, 5.74) is 2.86. The summed E-state index contributed by atoms with van der Waals surface area (Å²) < 4.78 is 7.07. The highest BCUT2D eigenvalue weighted by Crippen LogP contribution is 2.23. The number of benzene rings is 2. The van der Waals surface area contributed by atoms with Crippen LogP contribution in [0.4, 0.5) is 10.5 Å². The minimum Gasteiger partial charge on any atom is -0.445 e. The monoisotopic (exact) mass is 378 g/mol. The third-order valence-electron chi connectivity index (χ3n) is 4.82. The highest BCUT2D eigenvalue weighted by atomic mass is 16.6. The number of likely N-dealkylation sites (tertiary alicyclic amines) is 1. The molecule has 144 valence electrons. The number of ether oxygens (including phenoxy) is 1. The van der Waals surface area contributed by atoms with Crippen molar-refractivity contribution in [1.29, 1.82) is 0 Å². The fourth-order valence-electron chi connectivity index (χ4n) is 3.30. The molecular formula is C20H22N6O2. The van der Waals surface area contributed by atoms with E-state index in [0.29, 0.717) is 19.7 Å². The van der Waals surface area contributed by atoms with Gasteiger partial charge in [-0.2, -0.15) is 4.68 Å². The number of aromatic nitrogens is 4. The Morgan fingerprint density at radius 1 is 1.07 bits per heavy atom. The van der Waals surface area contributed by atoms with E-state index < -0.39 is 0 Å². The maximum absolute atomic E-state index is 12.3. The lowest BCUT2D eigenvalue weighted by atomic mass is 10.0. The molecule has 28 heavy (non-hydrogen) atoms. The SMILES string of the molecule is O=C(OCc1ccccc1)N1CCC(Nc2ccccc2-n2cnnn2)CC1. The van der Waals surface area contributed by atoms with Crippen molar-refractivity contribution in [2.24, 2.45) is 0 Å². The fourth-order valence-corrected chi connectivity index (χ4v) is 3.30. The fraction of sp³-hybridized carbons (Fsp3) is 0.300. The Balaban J connectivity index is 1.30. The first kappa shape index (κ1) is 18.0. The van der Waals surface area contributed by atoms with Crippen molar-refractivity contribution in [2.75, 3.05) is 18.4 Å². The Hall–Kier alpha value is -3.42. The second kappa shape index (κ2) is 8.51. The Bertz CT molecular complexity index is 892. The van der Waals surface area contributed by atoms with E-state index in [1.54, 1.807) is 15.9 Å². The second-order valence-electron chi connectivity index (χ2n) is 6.72. The van der Waals surface area contributed by atoms with Gasteiger partial charge in [0.1, 0.15) is 12.9 Å². The number of amides is 1. The molecule has 0 atom stereocenters. The number of nitrogens with one attached hydrogen (secondary N) is 1. The van der Waals surface area contributed by atoms with Crippen LogP contribution in [0.1, 0.15) is 18.4 Å². The summed E-state index contributed by atoms with van der Waals surface area (Å²) in [5, 5.41) is 14.9. The van der Waals surface area contributed by atoms with Crippen LogP contribution >= 0.6 is 0 Å². The maximum atomic E-state index is 12.3. The number of piperidine rings is 1. The van der Waals surface area contributed by atoms with Crippen LogP contribution in [-0.4, -0.2) is 50.3 Å². The molecule has 2 heterocycles. The van der Waals surface area contributed by atoms with Gasteiger partial charge in [-0.1, -0.05) is 42.5 Å². The Morgan fingerprint density at radius 2 is 1.82 bits per heavy atom. The highest BCUT2D eigenvalue weighted by Gasteiger charge is 2.24. The van der Waals surface area contributed by atoms with Crippen LogP contribution in [0.25, 0.3) is 5.69 Å². The molecule has 0 saturated carbocycles. The van der Waals surface area contributed by atoms with Gasteiger partial charge in [-0.3, -0.25) is 0 Å². The second-order valence-corrected chi connectivity index (χ2v) is 6.72. The molecule has 4 rings (SSSR count). The van der Waals surface area contributed by atoms with Gasteiger partial charge in [0.05, 0.1) is 11.4 Å². The van der Waals surface area contributed by atoms with Gasteiger partial charge in [-0.05, 0) is 41.0 Å². The van der Waals surface area contributed by atoms with Gasteiger partial charge < -0.3 is 15.0 Å². The standard InChI is InChI=1S/C20H22N6O2/c27-20(28-14-16-6-2-1-3-7-16)25-12-10-17(11-13-25)22-18-8-4-5-9-19(18)26-15-21-23-24-26/h1-9,15,17,22H,10-14H2. The number of tetrazole rings is 1. The molecule has 0 spiro atoms. The molecule has 0 aliphatic carbocycles. The lowest BCUT2D eigenvalue weighted by molar-refractivity contribution is 0.0882. The van der Waals surface area contributed by atoms with E-state index in [0.717, 1.165) is 29.8 Å². The number of anilines is 1. The Kier molecular flexibility index (Phi) is 5.46. The predicted octanol–water partition coefficient (Wildman–Crippen LogP) is 2.88. The summed E-state index contributed by atoms with van der Waals surface area (Å²) >= 11 is 0. The van der Waals surface area contributed by atoms with Gasteiger partial charge in [0.2, 0.25) is 0 Å². The average Bonchev–Trinajstić information content (AvgIpc) is 3.28. The molecule has 1 N–H and O–H groups in total. The molecule has 8 nitrogen and oxygen atoms in total. The van der Waals surface area contributed by atoms with Crippen molar-refractivity contribution in [1.82, 2.24) is 25.1 Å². The largest absolute Gasteiger partial charge is 0.445 e. The number of rotatable bonds is 5. The summed E-state index contributed by atoms with van der Waals surface area (Å²) in [5.74, 6) is 0. The smallest absolute Gasteiger partial charge is 0.410 e. The highest BCUT2D eigenvalue weighted by molar-refractivity contribution is 5.68. The molecule has 0 radical (unpaired) electrons. The number of carbonyl (C=O) groups is 1. The topological polar surface area (TPSA) is 85.2 Å². The van der Waals surface area contributed by atoms with Gasteiger partial charge in [-0.25, -0.2) is 4.79 Å². The van der Waals surface area contributed by atoms with Crippen molar-refractivity contribution < 1.29 is 9.53 Å². The number of nitrogens with zero attached hydrogens (tertiary/aromatic N) is 5. The zero-order valence-electron chi connectivity index (χ0n) is 15.4. The summed E-state index contributed by atoms with van der Waals surface area (Å²) in [7, 11) is 0. The zero-order chi connectivity index (χ0) is 19.2. The van der Waals surface area contributed by atoms with Crippen LogP contribution < -0.4 is 5.32 Å². The van der Waals surface area contributed by atoms with Crippen LogP contribution in [0.15, 0.2) is 60.9 Å². The molecule has 0 unspecified atom stereocenters. The molecule has 1 amide bonds. The number of hydrogen-bond acceptors (Lipinski definition) is 6. The van der Waals surface area contributed by atoms with Crippen LogP contribution in [0, 0.1) is 0 Å². The van der Waals surface area contributed by atoms with Crippen molar-refractivity contribution in [3.05, 3.63) is 66.5 Å². The molecule has 1 fully saturated rings. The molecular weight excluding hydrogens is 356 g/mol. The quantitative estimate of drug-likeness (QED) is 0.735. The summed E-state index contributed by atoms with van der Waals surface area (Å²) in [6, 6.07) is 17.9. The van der Waals surface area contributed by atoms with E-state index in [-0.39, 0.29) is 12.1 Å². The molecule has 1 aliphatic rings. The molecule has 0 bridgehead atoms. The van der Waals surface area contributed by atoms with E-state index in [1.165, 1.54) is 0 Å². The van der Waals surface area contributed by atoms with Gasteiger partial charge in [0, 0.05) is 19.1 Å². The van der Waals surface area contributed by atoms with Gasteiger partial charge >= 0.3 is 6.09 Å². The Morgan fingerprint density at radius 3 is 2.57 bits per heavy atom. The van der Waals surface area contributed by atoms with Gasteiger partial charge in [0.15, 0.2) is 0 Å². The van der Waals surface area contributed by atoms with Crippen molar-refractivity contribution in [2.45, 2.75) is 25.5 Å². The predicted molar refractivity (Wildman–Crippen MR) is 104 cm³/mol. The van der Waals surface area contributed by atoms with E-state index in [4.69, 9.17) is 4.74 Å². The lowest BCUT2D eigenvalue weighted by Crippen LogP contribution is -2.42. The van der Waals surface area contributed by atoms with Crippen molar-refractivity contribution in [3.63, 3.8) is 0 Å². The Labute approximate surface area is 163 Å². The summed E-state index contributed by atoms with van der Waals surface area (Å²) in [6.45, 7) is 1.63. The zero-order valence-corrected chi connectivity index (χ0v) is 15.4. The minimum absolute atomic E-state index is 0.253. The maximum Gasteiger partial charge on any atom is 0.410 e. The van der Waals surface area contributed by atoms with Gasteiger partial charge in [0.25, 0.3) is 0 Å². The first-order valence-corrected chi connectivity index (χ1v) is 9.34. The van der Waals surface area contributed by atoms with E-state index in [1.807, 2.05) is 54.6 Å². The molecule has 8 heteroatoms. The third-order valence-corrected chi connectivity index (χ3v) is 4.82. The number of hydrogen-bond donors (Lipinski definition) is 1. The van der Waals surface area contributed by atoms with Crippen molar-refractivity contribution >= 4 is 11.8 Å². The summed E-state index contributed by atoms with van der Waals surface area (Å²) in [4.78, 5) is 14.1. The van der Waals surface area contributed by atoms with Crippen LogP contribution in [0.5, 0.6) is 0 Å².